The van der Waals surface area contributed by atoms with E-state index in [2.05, 4.69) is 15.9 Å². The zero-order valence-corrected chi connectivity index (χ0v) is 13.8. The summed E-state index contributed by atoms with van der Waals surface area (Å²) in [6, 6.07) is 5.56. The molecule has 0 amide bonds. The molecule has 0 unspecified atom stereocenters. The maximum atomic E-state index is 12.7. The number of aryl methyl sites for hydroxylation is 2. The predicted molar refractivity (Wildman–Crippen MR) is 81.3 cm³/mol. The van der Waals surface area contributed by atoms with Gasteiger partial charge in [-0.25, -0.2) is 8.42 Å². The first-order chi connectivity index (χ1) is 8.96. The van der Waals surface area contributed by atoms with Gasteiger partial charge in [0.25, 0.3) is 0 Å². The second-order valence-corrected chi connectivity index (χ2v) is 7.87. The summed E-state index contributed by atoms with van der Waals surface area (Å²) in [5.74, 6) is 0. The lowest BCUT2D eigenvalue weighted by Gasteiger charge is -2.25. The van der Waals surface area contributed by atoms with Crippen molar-refractivity contribution in [1.29, 1.82) is 0 Å². The Labute approximate surface area is 124 Å². The average Bonchev–Trinajstić information content (AvgIpc) is 2.82. The molecular formula is C14H20BrNO2S. The maximum Gasteiger partial charge on any atom is 0.243 e. The van der Waals surface area contributed by atoms with E-state index < -0.39 is 10.0 Å². The van der Waals surface area contributed by atoms with Crippen LogP contribution in [0.4, 0.5) is 0 Å². The van der Waals surface area contributed by atoms with Crippen LogP contribution < -0.4 is 0 Å². The largest absolute Gasteiger partial charge is 0.243 e. The minimum Gasteiger partial charge on any atom is -0.207 e. The first-order valence-electron chi connectivity index (χ1n) is 6.66. The summed E-state index contributed by atoms with van der Waals surface area (Å²) < 4.78 is 26.9. The number of benzene rings is 1. The van der Waals surface area contributed by atoms with Crippen molar-refractivity contribution >= 4 is 26.0 Å². The number of sulfonamides is 1. The van der Waals surface area contributed by atoms with E-state index in [9.17, 15) is 8.42 Å². The average molecular weight is 346 g/mol. The van der Waals surface area contributed by atoms with Gasteiger partial charge in [-0.3, -0.25) is 0 Å². The van der Waals surface area contributed by atoms with Gasteiger partial charge in [-0.1, -0.05) is 22.0 Å². The molecule has 0 aromatic heterocycles. The third-order valence-electron chi connectivity index (χ3n) is 3.56. The van der Waals surface area contributed by atoms with Crippen molar-refractivity contribution in [2.75, 3.05) is 11.9 Å². The van der Waals surface area contributed by atoms with E-state index in [4.69, 9.17) is 0 Å². The fourth-order valence-electron chi connectivity index (χ4n) is 2.58. The van der Waals surface area contributed by atoms with Crippen LogP contribution in [0, 0.1) is 0 Å². The Morgan fingerprint density at radius 1 is 1.26 bits per heavy atom. The van der Waals surface area contributed by atoms with Gasteiger partial charge < -0.3 is 0 Å². The molecule has 0 saturated heterocycles. The van der Waals surface area contributed by atoms with E-state index in [1.165, 1.54) is 11.1 Å². The van der Waals surface area contributed by atoms with Crippen molar-refractivity contribution in [1.82, 2.24) is 4.31 Å². The maximum absolute atomic E-state index is 12.7. The third-order valence-corrected chi connectivity index (χ3v) is 5.98. The van der Waals surface area contributed by atoms with E-state index in [1.54, 1.807) is 10.4 Å². The van der Waals surface area contributed by atoms with E-state index in [1.807, 2.05) is 26.0 Å². The second-order valence-electron chi connectivity index (χ2n) is 5.18. The van der Waals surface area contributed by atoms with Crippen LogP contribution in [-0.4, -0.2) is 30.6 Å². The highest BCUT2D eigenvalue weighted by atomic mass is 79.9. The highest BCUT2D eigenvalue weighted by Crippen LogP contribution is 2.27. The zero-order valence-electron chi connectivity index (χ0n) is 11.4. The molecule has 0 fully saturated rings. The molecule has 106 valence electrons. The molecule has 0 N–H and O–H groups in total. The number of hydrogen-bond donors (Lipinski definition) is 0. The Balaban J connectivity index is 2.38. The molecule has 2 rings (SSSR count). The van der Waals surface area contributed by atoms with E-state index in [-0.39, 0.29) is 6.04 Å². The molecule has 0 atom stereocenters. The third kappa shape index (κ3) is 3.03. The quantitative estimate of drug-likeness (QED) is 0.769. The Morgan fingerprint density at radius 2 is 1.95 bits per heavy atom. The molecule has 0 radical (unpaired) electrons. The minimum absolute atomic E-state index is 0.0317. The van der Waals surface area contributed by atoms with E-state index in [0.29, 0.717) is 16.8 Å². The van der Waals surface area contributed by atoms with Crippen LogP contribution >= 0.6 is 15.9 Å². The molecule has 1 aliphatic rings. The number of halogens is 1. The summed E-state index contributed by atoms with van der Waals surface area (Å²) in [7, 11) is -3.38. The minimum atomic E-state index is -3.38. The number of hydrogen-bond acceptors (Lipinski definition) is 2. The SMILES string of the molecule is CC(C)N(CCBr)S(=O)(=O)c1ccc2c(c1)CCC2. The molecule has 5 heteroatoms. The van der Waals surface area contributed by atoms with Crippen molar-refractivity contribution in [2.24, 2.45) is 0 Å². The van der Waals surface area contributed by atoms with Gasteiger partial charge in [0.2, 0.25) is 10.0 Å². The van der Waals surface area contributed by atoms with Crippen molar-refractivity contribution in [3.8, 4) is 0 Å². The Morgan fingerprint density at radius 3 is 2.58 bits per heavy atom. The fourth-order valence-corrected chi connectivity index (χ4v) is 4.89. The van der Waals surface area contributed by atoms with Crippen LogP contribution in [0.5, 0.6) is 0 Å². The lowest BCUT2D eigenvalue weighted by molar-refractivity contribution is 0.372. The van der Waals surface area contributed by atoms with Gasteiger partial charge in [-0.15, -0.1) is 0 Å². The van der Waals surface area contributed by atoms with Crippen LogP contribution in [0.2, 0.25) is 0 Å². The normalized spacial score (nSPS) is 15.2. The van der Waals surface area contributed by atoms with Crippen molar-refractivity contribution in [3.63, 3.8) is 0 Å². The standard InChI is InChI=1S/C14H20BrNO2S/c1-11(2)16(9-8-15)19(17,18)14-7-6-12-4-3-5-13(12)10-14/h6-7,10-11H,3-5,8-9H2,1-2H3. The Kier molecular flexibility index (Phi) is 4.69. The van der Waals surface area contributed by atoms with Gasteiger partial charge in [-0.2, -0.15) is 4.31 Å². The van der Waals surface area contributed by atoms with Crippen LogP contribution in [0.3, 0.4) is 0 Å². The lowest BCUT2D eigenvalue weighted by atomic mass is 10.1. The summed E-state index contributed by atoms with van der Waals surface area (Å²) in [5, 5.41) is 0.648. The summed E-state index contributed by atoms with van der Waals surface area (Å²) in [6.45, 7) is 4.32. The van der Waals surface area contributed by atoms with Gasteiger partial charge >= 0.3 is 0 Å². The molecule has 0 aliphatic heterocycles. The molecule has 19 heavy (non-hydrogen) atoms. The number of rotatable bonds is 5. The smallest absolute Gasteiger partial charge is 0.207 e. The molecule has 1 aromatic carbocycles. The number of nitrogens with zero attached hydrogens (tertiary/aromatic N) is 1. The molecular weight excluding hydrogens is 326 g/mol. The van der Waals surface area contributed by atoms with Crippen LogP contribution in [0.15, 0.2) is 23.1 Å². The van der Waals surface area contributed by atoms with Crippen molar-refractivity contribution < 1.29 is 8.42 Å². The second kappa shape index (κ2) is 5.94. The highest BCUT2D eigenvalue weighted by Gasteiger charge is 2.27. The fraction of sp³-hybridized carbons (Fsp3) is 0.571. The van der Waals surface area contributed by atoms with Gasteiger partial charge in [0.05, 0.1) is 4.90 Å². The molecule has 0 saturated carbocycles. The molecule has 1 aliphatic carbocycles. The van der Waals surface area contributed by atoms with E-state index >= 15 is 0 Å². The van der Waals surface area contributed by atoms with E-state index in [0.717, 1.165) is 19.3 Å². The first kappa shape index (κ1) is 15.0. The molecule has 1 aromatic rings. The summed E-state index contributed by atoms with van der Waals surface area (Å²) in [6.07, 6.45) is 3.21. The zero-order chi connectivity index (χ0) is 14.0. The van der Waals surface area contributed by atoms with Crippen molar-refractivity contribution in [3.05, 3.63) is 29.3 Å². The van der Waals surface area contributed by atoms with Crippen molar-refractivity contribution in [2.45, 2.75) is 44.0 Å². The summed E-state index contributed by atoms with van der Waals surface area (Å²) in [4.78, 5) is 0.433. The summed E-state index contributed by atoms with van der Waals surface area (Å²) >= 11 is 3.33. The first-order valence-corrected chi connectivity index (χ1v) is 9.22. The van der Waals surface area contributed by atoms with Gasteiger partial charge in [0.1, 0.15) is 0 Å². The van der Waals surface area contributed by atoms with Gasteiger partial charge in [0.15, 0.2) is 0 Å². The van der Waals surface area contributed by atoms with Crippen LogP contribution in [0.25, 0.3) is 0 Å². The number of fused-ring (bicyclic) bond motifs is 1. The number of alkyl halides is 1. The van der Waals surface area contributed by atoms with Crippen LogP contribution in [-0.2, 0) is 22.9 Å². The topological polar surface area (TPSA) is 37.4 Å². The molecule has 0 heterocycles. The Bertz CT molecular complexity index is 555. The Hall–Kier alpha value is -0.390. The lowest BCUT2D eigenvalue weighted by Crippen LogP contribution is -2.38. The summed E-state index contributed by atoms with van der Waals surface area (Å²) in [5.41, 5.74) is 2.50. The van der Waals surface area contributed by atoms with Gasteiger partial charge in [-0.05, 0) is 56.4 Å². The monoisotopic (exact) mass is 345 g/mol. The molecule has 0 bridgehead atoms. The molecule has 0 spiro atoms. The van der Waals surface area contributed by atoms with Crippen LogP contribution in [0.1, 0.15) is 31.4 Å². The predicted octanol–water partition coefficient (Wildman–Crippen LogP) is 2.97. The highest BCUT2D eigenvalue weighted by molar-refractivity contribution is 9.09. The molecule has 3 nitrogen and oxygen atoms in total. The van der Waals surface area contributed by atoms with Gasteiger partial charge in [0, 0.05) is 17.9 Å².